The lowest BCUT2D eigenvalue weighted by Gasteiger charge is -2.20. The van der Waals surface area contributed by atoms with Crippen LogP contribution in [0.4, 0.5) is 22.0 Å². The number of carbonyl (C=O) groups excluding carboxylic acids is 1. The quantitative estimate of drug-likeness (QED) is 0.593. The second-order valence-corrected chi connectivity index (χ2v) is 6.42. The summed E-state index contributed by atoms with van der Waals surface area (Å²) >= 11 is 0. The highest BCUT2D eigenvalue weighted by Gasteiger charge is 2.33. The van der Waals surface area contributed by atoms with Gasteiger partial charge in [-0.1, -0.05) is 6.07 Å². The van der Waals surface area contributed by atoms with Gasteiger partial charge in [-0.2, -0.15) is 0 Å². The topological polar surface area (TPSA) is 84.1 Å². The number of nitrogens with one attached hydrogen (secondary N) is 2. The molecule has 0 aliphatic carbocycles. The molecule has 1 aromatic carbocycles. The molecule has 0 unspecified atom stereocenters. The number of hydrogen-bond donors (Lipinski definition) is 2. The number of carbonyl (C=O) groups is 1. The van der Waals surface area contributed by atoms with E-state index in [2.05, 4.69) is 20.0 Å². The lowest BCUT2D eigenvalue weighted by molar-refractivity contribution is -0.275. The number of benzene rings is 1. The van der Waals surface area contributed by atoms with Crippen molar-refractivity contribution < 1.29 is 31.5 Å². The van der Waals surface area contributed by atoms with Crippen molar-refractivity contribution in [3.8, 4) is 5.75 Å². The smallest absolute Gasteiger partial charge is 0.403 e. The van der Waals surface area contributed by atoms with Crippen molar-refractivity contribution in [3.05, 3.63) is 93.2 Å². The second-order valence-electron chi connectivity index (χ2n) is 6.42. The highest BCUT2D eigenvalue weighted by atomic mass is 19.4. The first-order valence-electron chi connectivity index (χ1n) is 8.71. The number of pyridine rings is 2. The minimum Gasteiger partial charge on any atom is -0.403 e. The van der Waals surface area contributed by atoms with Gasteiger partial charge in [0.15, 0.2) is 11.6 Å². The van der Waals surface area contributed by atoms with Gasteiger partial charge < -0.3 is 15.0 Å². The van der Waals surface area contributed by atoms with Crippen molar-refractivity contribution >= 4 is 5.91 Å². The second kappa shape index (κ2) is 8.54. The predicted molar refractivity (Wildman–Crippen MR) is 98.4 cm³/mol. The van der Waals surface area contributed by atoms with Crippen LogP contribution in [-0.2, 0) is 0 Å². The Morgan fingerprint density at radius 1 is 1.16 bits per heavy atom. The number of H-pyrrole nitrogens is 1. The summed E-state index contributed by atoms with van der Waals surface area (Å²) in [5.74, 6) is -4.05. The summed E-state index contributed by atoms with van der Waals surface area (Å²) in [5, 5.41) is 2.46. The number of amides is 1. The molecule has 6 nitrogen and oxygen atoms in total. The van der Waals surface area contributed by atoms with E-state index in [1.807, 2.05) is 0 Å². The van der Waals surface area contributed by atoms with Crippen molar-refractivity contribution in [2.75, 3.05) is 0 Å². The minimum absolute atomic E-state index is 0.0240. The van der Waals surface area contributed by atoms with Gasteiger partial charge in [-0.25, -0.2) is 8.78 Å². The van der Waals surface area contributed by atoms with Gasteiger partial charge in [0.2, 0.25) is 0 Å². The molecule has 0 fully saturated rings. The maximum atomic E-state index is 14.4. The van der Waals surface area contributed by atoms with Crippen LogP contribution in [0.2, 0.25) is 0 Å². The number of aromatic amines is 1. The zero-order valence-corrected chi connectivity index (χ0v) is 15.8. The van der Waals surface area contributed by atoms with Crippen LogP contribution in [-0.4, -0.2) is 22.2 Å². The molecule has 3 aromatic rings. The van der Waals surface area contributed by atoms with Crippen LogP contribution in [0, 0.1) is 18.6 Å². The summed E-state index contributed by atoms with van der Waals surface area (Å²) in [5.41, 5.74) is -0.518. The molecule has 3 rings (SSSR count). The largest absolute Gasteiger partial charge is 0.573 e. The van der Waals surface area contributed by atoms with E-state index in [0.29, 0.717) is 12.1 Å². The Hall–Kier alpha value is -3.76. The van der Waals surface area contributed by atoms with Gasteiger partial charge in [0.1, 0.15) is 11.5 Å². The number of halogens is 5. The number of aromatic nitrogens is 2. The summed E-state index contributed by atoms with van der Waals surface area (Å²) in [6.45, 7) is 1.47. The molecule has 0 saturated heterocycles. The van der Waals surface area contributed by atoms with Crippen molar-refractivity contribution in [1.82, 2.24) is 15.3 Å². The van der Waals surface area contributed by atoms with Crippen LogP contribution in [0.3, 0.4) is 0 Å². The lowest BCUT2D eigenvalue weighted by atomic mass is 10.0. The van der Waals surface area contributed by atoms with E-state index in [-0.39, 0.29) is 22.4 Å². The maximum absolute atomic E-state index is 14.4. The summed E-state index contributed by atoms with van der Waals surface area (Å²) in [7, 11) is 0. The molecule has 11 heteroatoms. The van der Waals surface area contributed by atoms with Gasteiger partial charge in [-0.05, 0) is 42.8 Å². The Morgan fingerprint density at radius 2 is 1.90 bits per heavy atom. The van der Waals surface area contributed by atoms with Crippen molar-refractivity contribution in [2.24, 2.45) is 0 Å². The molecule has 0 spiro atoms. The third kappa shape index (κ3) is 5.24. The average Bonchev–Trinajstić information content (AvgIpc) is 2.69. The molecule has 1 amide bonds. The Kier molecular flexibility index (Phi) is 6.04. The van der Waals surface area contributed by atoms with Crippen LogP contribution in [0.1, 0.15) is 33.2 Å². The van der Waals surface area contributed by atoms with Crippen LogP contribution in [0.5, 0.6) is 5.75 Å². The molecule has 1 atom stereocenters. The van der Waals surface area contributed by atoms with Gasteiger partial charge in [0.25, 0.3) is 11.5 Å². The number of nitrogens with zero attached hydrogens (tertiary/aromatic N) is 1. The van der Waals surface area contributed by atoms with Crippen LogP contribution < -0.4 is 15.6 Å². The number of ether oxygens (including phenoxy) is 1. The molecule has 0 aliphatic rings. The Bertz CT molecular complexity index is 1180. The number of alkyl halides is 3. The van der Waals surface area contributed by atoms with E-state index in [4.69, 9.17) is 0 Å². The molecule has 0 aliphatic heterocycles. The first-order valence-corrected chi connectivity index (χ1v) is 8.71. The van der Waals surface area contributed by atoms with Crippen LogP contribution >= 0.6 is 0 Å². The molecular formula is C20H14F5N3O3. The lowest BCUT2D eigenvalue weighted by Crippen LogP contribution is -2.31. The summed E-state index contributed by atoms with van der Waals surface area (Å²) < 4.78 is 69.3. The van der Waals surface area contributed by atoms with Gasteiger partial charge in [0.05, 0.1) is 11.6 Å². The van der Waals surface area contributed by atoms with E-state index in [0.717, 1.165) is 18.3 Å². The van der Waals surface area contributed by atoms with Crippen LogP contribution in [0.15, 0.2) is 53.6 Å². The highest BCUT2D eigenvalue weighted by Crippen LogP contribution is 2.30. The van der Waals surface area contributed by atoms with Crippen molar-refractivity contribution in [3.63, 3.8) is 0 Å². The third-order valence-corrected chi connectivity index (χ3v) is 4.20. The van der Waals surface area contributed by atoms with E-state index in [1.165, 1.54) is 25.3 Å². The first kappa shape index (κ1) is 21.9. The Morgan fingerprint density at radius 3 is 2.52 bits per heavy atom. The van der Waals surface area contributed by atoms with Gasteiger partial charge in [-0.3, -0.25) is 14.6 Å². The predicted octanol–water partition coefficient (Wildman–Crippen LogP) is 3.77. The zero-order chi connectivity index (χ0) is 22.8. The van der Waals surface area contributed by atoms with Gasteiger partial charge in [-0.15, -0.1) is 13.2 Å². The summed E-state index contributed by atoms with van der Waals surface area (Å²) in [4.78, 5) is 30.4. The number of rotatable bonds is 5. The Balaban J connectivity index is 2.00. The molecular weight excluding hydrogens is 425 g/mol. The number of hydrogen-bond acceptors (Lipinski definition) is 4. The Labute approximate surface area is 171 Å². The molecule has 2 heterocycles. The first-order chi connectivity index (χ1) is 14.5. The van der Waals surface area contributed by atoms with Crippen LogP contribution in [0.25, 0.3) is 0 Å². The zero-order valence-electron chi connectivity index (χ0n) is 15.8. The molecule has 2 aromatic heterocycles. The molecule has 0 bridgehead atoms. The normalized spacial score (nSPS) is 12.3. The van der Waals surface area contributed by atoms with E-state index >= 15 is 0 Å². The van der Waals surface area contributed by atoms with Crippen molar-refractivity contribution in [1.29, 1.82) is 0 Å². The average molecular weight is 439 g/mol. The van der Waals surface area contributed by atoms with E-state index in [9.17, 15) is 31.5 Å². The minimum atomic E-state index is -5.11. The summed E-state index contributed by atoms with van der Waals surface area (Å²) in [6.07, 6.45) is -2.73. The fourth-order valence-corrected chi connectivity index (χ4v) is 2.77. The van der Waals surface area contributed by atoms with E-state index in [1.54, 1.807) is 0 Å². The molecule has 0 radical (unpaired) electrons. The summed E-state index contributed by atoms with van der Waals surface area (Å²) in [6, 6.07) is 4.73. The van der Waals surface area contributed by atoms with Gasteiger partial charge >= 0.3 is 6.36 Å². The fourth-order valence-electron chi connectivity index (χ4n) is 2.77. The highest BCUT2D eigenvalue weighted by molar-refractivity contribution is 5.94. The van der Waals surface area contributed by atoms with Gasteiger partial charge in [0, 0.05) is 18.0 Å². The number of aryl methyl sites for hydroxylation is 1. The van der Waals surface area contributed by atoms with E-state index < -0.39 is 41.3 Å². The maximum Gasteiger partial charge on any atom is 0.573 e. The standard InChI is InChI=1S/C20H14F5N3O3/c1-10-7-12(9-27-18(10)29)19(30)28-16(17-13(21)3-2-6-26-17)11-4-5-15(14(22)8-11)31-20(23,24)25/h2-9,16H,1H3,(H,27,29)(H,28,30)/t16-/m0/s1. The molecule has 0 saturated carbocycles. The SMILES string of the molecule is Cc1cc(C(=O)N[C@@H](c2ccc(OC(F)(F)F)c(F)c2)c2ncccc2F)c[nH]c1=O. The molecule has 31 heavy (non-hydrogen) atoms. The fraction of sp³-hybridized carbons (Fsp3) is 0.150. The third-order valence-electron chi connectivity index (χ3n) is 4.20. The van der Waals surface area contributed by atoms with Crippen molar-refractivity contribution in [2.45, 2.75) is 19.3 Å². The monoisotopic (exact) mass is 439 g/mol. The molecule has 2 N–H and O–H groups in total. The molecule has 162 valence electrons.